The van der Waals surface area contributed by atoms with Gasteiger partial charge in [0.1, 0.15) is 0 Å². The molecule has 4 heterocycles. The van der Waals surface area contributed by atoms with Crippen LogP contribution in [0.1, 0.15) is 0 Å². The van der Waals surface area contributed by atoms with Gasteiger partial charge in [-0.25, -0.2) is 0 Å². The van der Waals surface area contributed by atoms with E-state index in [1.165, 1.54) is 97.7 Å². The van der Waals surface area contributed by atoms with Gasteiger partial charge in [-0.3, -0.25) is 0 Å². The number of hydrogen-bond acceptors (Lipinski definition) is 2. The van der Waals surface area contributed by atoms with Crippen molar-refractivity contribution in [2.75, 3.05) is 9.80 Å². The normalized spacial score (nSPS) is 12.2. The van der Waals surface area contributed by atoms with Gasteiger partial charge in [-0.05, 0) is 131 Å². The number of nitrogens with zero attached hydrogens (tertiary/aromatic N) is 4. The number of fused-ring (bicyclic) bond motifs is 14. The maximum atomic E-state index is 2.49. The summed E-state index contributed by atoms with van der Waals surface area (Å²) in [5.74, 6) is 0. The Morgan fingerprint density at radius 1 is 0.212 bits per heavy atom. The zero-order valence-electron chi connectivity index (χ0n) is 35.7. The van der Waals surface area contributed by atoms with Gasteiger partial charge in [0.2, 0.25) is 0 Å². The topological polar surface area (TPSA) is 15.3 Å². The highest BCUT2D eigenvalue weighted by Gasteiger charge is 2.25. The molecule has 0 N–H and O–H groups in total. The average Bonchev–Trinajstić information content (AvgIpc) is 4.10. The Morgan fingerprint density at radius 3 is 1.00 bits per heavy atom. The van der Waals surface area contributed by atoms with E-state index in [0.29, 0.717) is 0 Å². The van der Waals surface area contributed by atoms with Crippen LogP contribution in [-0.2, 0) is 0 Å². The molecule has 66 heavy (non-hydrogen) atoms. The first-order valence-corrected chi connectivity index (χ1v) is 22.8. The van der Waals surface area contributed by atoms with Gasteiger partial charge in [-0.2, -0.15) is 0 Å². The molecular weight excluding hydrogens is 801 g/mol. The van der Waals surface area contributed by atoms with E-state index in [-0.39, 0.29) is 0 Å². The van der Waals surface area contributed by atoms with Gasteiger partial charge < -0.3 is 18.6 Å². The third-order valence-electron chi connectivity index (χ3n) is 14.2. The van der Waals surface area contributed by atoms with Crippen LogP contribution in [0, 0.1) is 0 Å². The summed E-state index contributed by atoms with van der Waals surface area (Å²) in [6, 6.07) is 85.1. The number of aromatic nitrogens is 2. The van der Waals surface area contributed by atoms with Crippen molar-refractivity contribution < 1.29 is 0 Å². The van der Waals surface area contributed by atoms with Crippen LogP contribution < -0.4 is 9.80 Å². The molecule has 0 saturated carbocycles. The first-order valence-electron chi connectivity index (χ1n) is 22.8. The molecule has 0 aliphatic carbocycles. The maximum Gasteiger partial charge on any atom is 0.0622 e. The minimum atomic E-state index is 1.08. The van der Waals surface area contributed by atoms with Crippen molar-refractivity contribution in [1.82, 2.24) is 8.80 Å². The fourth-order valence-electron chi connectivity index (χ4n) is 11.4. The van der Waals surface area contributed by atoms with Crippen LogP contribution >= 0.6 is 0 Å². The molecule has 0 aliphatic rings. The predicted octanol–water partition coefficient (Wildman–Crippen LogP) is 17.2. The molecule has 306 valence electrons. The molecule has 4 aromatic heterocycles. The highest BCUT2D eigenvalue weighted by atomic mass is 15.2. The first kappa shape index (κ1) is 35.6. The minimum absolute atomic E-state index is 1.08. The summed E-state index contributed by atoms with van der Waals surface area (Å²) in [6.07, 6.45) is 0. The lowest BCUT2D eigenvalue weighted by atomic mass is 10.0. The van der Waals surface area contributed by atoms with Crippen molar-refractivity contribution >= 4 is 132 Å². The Hall–Kier alpha value is -8.86. The van der Waals surface area contributed by atoms with E-state index in [0.717, 1.165) is 34.1 Å². The fourth-order valence-corrected chi connectivity index (χ4v) is 11.4. The van der Waals surface area contributed by atoms with Crippen LogP contribution in [0.25, 0.3) is 97.7 Å². The highest BCUT2D eigenvalue weighted by Crippen LogP contribution is 2.48. The van der Waals surface area contributed by atoms with Gasteiger partial charge in [0.15, 0.2) is 0 Å². The van der Waals surface area contributed by atoms with Crippen molar-refractivity contribution in [2.45, 2.75) is 0 Å². The molecule has 0 amide bonds. The van der Waals surface area contributed by atoms with E-state index >= 15 is 0 Å². The standard InChI is InChI=1S/C62H38N4/c1-2-16-43(17-3-1)63(46-27-26-41-32-39-14-4-5-15-40(39)33-42(41)34-46)44-28-30-45(31-29-44)64(47-35-53-49-18-6-10-22-57(49)65-58-23-11-7-19-50(58)54(36-47)61(53)65)48-37-55-51-20-8-12-24-59(51)66-60-25-13-9-21-52(60)56(38-48)62(55)66/h1-38H. The summed E-state index contributed by atoms with van der Waals surface area (Å²) in [4.78, 5) is 4.86. The summed E-state index contributed by atoms with van der Waals surface area (Å²) < 4.78 is 4.92. The van der Waals surface area contributed by atoms with Gasteiger partial charge in [-0.1, -0.05) is 121 Å². The minimum Gasteiger partial charge on any atom is -0.310 e. The quantitative estimate of drug-likeness (QED) is 0.155. The number of benzene rings is 11. The Morgan fingerprint density at radius 2 is 0.545 bits per heavy atom. The molecule has 15 rings (SSSR count). The van der Waals surface area contributed by atoms with Crippen LogP contribution in [-0.4, -0.2) is 8.80 Å². The van der Waals surface area contributed by atoms with Crippen LogP contribution in [0.3, 0.4) is 0 Å². The van der Waals surface area contributed by atoms with Crippen LogP contribution in [0.5, 0.6) is 0 Å². The zero-order valence-corrected chi connectivity index (χ0v) is 35.7. The largest absolute Gasteiger partial charge is 0.310 e. The third kappa shape index (κ3) is 4.93. The van der Waals surface area contributed by atoms with Gasteiger partial charge in [0.05, 0.1) is 33.1 Å². The summed E-state index contributed by atoms with van der Waals surface area (Å²) in [5, 5.41) is 15.0. The molecule has 4 nitrogen and oxygen atoms in total. The Balaban J connectivity index is 0.980. The van der Waals surface area contributed by atoms with E-state index in [1.807, 2.05) is 0 Å². The van der Waals surface area contributed by atoms with E-state index in [9.17, 15) is 0 Å². The highest BCUT2D eigenvalue weighted by molar-refractivity contribution is 6.26. The molecule has 0 saturated heterocycles. The number of para-hydroxylation sites is 5. The zero-order chi connectivity index (χ0) is 43.0. The molecule has 4 heteroatoms. The molecule has 11 aromatic carbocycles. The molecule has 0 radical (unpaired) electrons. The Kier molecular flexibility index (Phi) is 7.19. The van der Waals surface area contributed by atoms with E-state index < -0.39 is 0 Å². The average molecular weight is 839 g/mol. The van der Waals surface area contributed by atoms with Gasteiger partial charge in [0, 0.05) is 77.2 Å². The molecular formula is C62H38N4. The van der Waals surface area contributed by atoms with Crippen molar-refractivity contribution in [1.29, 1.82) is 0 Å². The van der Waals surface area contributed by atoms with Gasteiger partial charge in [0.25, 0.3) is 0 Å². The molecule has 0 spiro atoms. The third-order valence-corrected chi connectivity index (χ3v) is 14.2. The van der Waals surface area contributed by atoms with Crippen molar-refractivity contribution in [3.63, 3.8) is 0 Å². The fraction of sp³-hybridized carbons (Fsp3) is 0. The summed E-state index contributed by atoms with van der Waals surface area (Å²) in [5.41, 5.74) is 14.1. The van der Waals surface area contributed by atoms with E-state index in [1.54, 1.807) is 0 Å². The summed E-state index contributed by atoms with van der Waals surface area (Å²) in [6.45, 7) is 0. The maximum absolute atomic E-state index is 2.49. The number of hydrogen-bond donors (Lipinski definition) is 0. The smallest absolute Gasteiger partial charge is 0.0622 e. The second-order valence-electron chi connectivity index (χ2n) is 17.8. The van der Waals surface area contributed by atoms with Crippen LogP contribution in [0.4, 0.5) is 34.1 Å². The van der Waals surface area contributed by atoms with Crippen molar-refractivity contribution in [3.05, 3.63) is 231 Å². The molecule has 0 bridgehead atoms. The van der Waals surface area contributed by atoms with Crippen molar-refractivity contribution in [2.24, 2.45) is 0 Å². The lowest BCUT2D eigenvalue weighted by molar-refractivity contribution is 1.26. The Labute approximate surface area is 379 Å². The van der Waals surface area contributed by atoms with Crippen LogP contribution in [0.15, 0.2) is 231 Å². The predicted molar refractivity (Wildman–Crippen MR) is 280 cm³/mol. The second kappa shape index (κ2) is 13.3. The lowest BCUT2D eigenvalue weighted by Gasteiger charge is -2.29. The monoisotopic (exact) mass is 838 g/mol. The summed E-state index contributed by atoms with van der Waals surface area (Å²) >= 11 is 0. The number of rotatable bonds is 6. The summed E-state index contributed by atoms with van der Waals surface area (Å²) in [7, 11) is 0. The first-order chi connectivity index (χ1) is 32.7. The van der Waals surface area contributed by atoms with E-state index in [4.69, 9.17) is 0 Å². The van der Waals surface area contributed by atoms with Gasteiger partial charge >= 0.3 is 0 Å². The van der Waals surface area contributed by atoms with E-state index in [2.05, 4.69) is 249 Å². The van der Waals surface area contributed by atoms with Crippen LogP contribution in [0.2, 0.25) is 0 Å². The Bertz CT molecular complexity index is 4060. The molecule has 15 aromatic rings. The van der Waals surface area contributed by atoms with Crippen molar-refractivity contribution in [3.8, 4) is 0 Å². The lowest BCUT2D eigenvalue weighted by Crippen LogP contribution is -2.12. The molecule has 0 atom stereocenters. The molecule has 0 unspecified atom stereocenters. The van der Waals surface area contributed by atoms with Gasteiger partial charge in [-0.15, -0.1) is 0 Å². The molecule has 0 aliphatic heterocycles. The SMILES string of the molecule is c1ccc(N(c2ccc(N(c3cc4c5ccccc5n5c6ccccc6c(c3)c45)c3cc4c5ccccc5n5c6ccccc6c(c3)c45)cc2)c2ccc3cc4ccccc4cc3c2)cc1. The molecule has 0 fully saturated rings. The second-order valence-corrected chi connectivity index (χ2v) is 17.8. The number of anilines is 6.